The first-order chi connectivity index (χ1) is 8.99. The van der Waals surface area contributed by atoms with Gasteiger partial charge in [0, 0.05) is 0 Å². The van der Waals surface area contributed by atoms with E-state index < -0.39 is 62.3 Å². The van der Waals surface area contributed by atoms with Crippen LogP contribution in [0.4, 0.5) is 0 Å². The lowest BCUT2D eigenvalue weighted by Gasteiger charge is -2.23. The van der Waals surface area contributed by atoms with Gasteiger partial charge in [-0.3, -0.25) is 5.32 Å². The van der Waals surface area contributed by atoms with Crippen LogP contribution in [-0.4, -0.2) is 92.9 Å². The second kappa shape index (κ2) is 5.95. The number of hydrogen-bond donors (Lipinski definition) is 7. The molecule has 2 unspecified atom stereocenters. The maximum Gasteiger partial charge on any atom is 0.139 e. The van der Waals surface area contributed by atoms with Gasteiger partial charge < -0.3 is 40.1 Å². The van der Waals surface area contributed by atoms with Crippen LogP contribution in [-0.2, 0) is 9.47 Å². The average molecular weight is 281 g/mol. The maximum atomic E-state index is 9.70. The van der Waals surface area contributed by atoms with Crippen molar-refractivity contribution in [1.82, 2.24) is 5.32 Å². The summed E-state index contributed by atoms with van der Waals surface area (Å²) < 4.78 is 10.3. The quantitative estimate of drug-likeness (QED) is 0.270. The molecule has 8 atom stereocenters. The molecule has 7 N–H and O–H groups in total. The molecule has 0 aliphatic carbocycles. The molecule has 0 aromatic carbocycles. The fraction of sp³-hybridized carbons (Fsp3) is 1.00. The minimum absolute atomic E-state index is 0.466. The Morgan fingerprint density at radius 1 is 0.684 bits per heavy atom. The van der Waals surface area contributed by atoms with Crippen LogP contribution in [0.5, 0.6) is 0 Å². The van der Waals surface area contributed by atoms with Crippen molar-refractivity contribution in [1.29, 1.82) is 0 Å². The molecule has 2 rings (SSSR count). The molecule has 2 aliphatic rings. The van der Waals surface area contributed by atoms with Crippen LogP contribution >= 0.6 is 0 Å². The second-order valence-corrected chi connectivity index (χ2v) is 4.68. The Kier molecular flexibility index (Phi) is 4.71. The summed E-state index contributed by atoms with van der Waals surface area (Å²) in [5.74, 6) is 0. The number of rotatable bonds is 4. The van der Waals surface area contributed by atoms with Crippen LogP contribution in [0.2, 0.25) is 0 Å². The third-order valence-electron chi connectivity index (χ3n) is 3.41. The van der Waals surface area contributed by atoms with E-state index in [9.17, 15) is 20.4 Å². The van der Waals surface area contributed by atoms with Gasteiger partial charge in [-0.2, -0.15) is 0 Å². The van der Waals surface area contributed by atoms with Gasteiger partial charge in [0.15, 0.2) is 0 Å². The summed E-state index contributed by atoms with van der Waals surface area (Å²) in [6.45, 7) is -0.932. The summed E-state index contributed by atoms with van der Waals surface area (Å²) >= 11 is 0. The van der Waals surface area contributed by atoms with Crippen LogP contribution in [0.3, 0.4) is 0 Å². The molecule has 2 heterocycles. The summed E-state index contributed by atoms with van der Waals surface area (Å²) in [5.41, 5.74) is 0. The van der Waals surface area contributed by atoms with Crippen LogP contribution in [0.1, 0.15) is 0 Å². The van der Waals surface area contributed by atoms with Gasteiger partial charge in [-0.25, -0.2) is 0 Å². The van der Waals surface area contributed by atoms with E-state index in [0.717, 1.165) is 0 Å². The van der Waals surface area contributed by atoms with Crippen molar-refractivity contribution >= 4 is 0 Å². The van der Waals surface area contributed by atoms with Crippen LogP contribution in [0, 0.1) is 0 Å². The summed E-state index contributed by atoms with van der Waals surface area (Å²) in [6.07, 6.45) is -9.14. The Morgan fingerprint density at radius 2 is 1.05 bits per heavy atom. The molecule has 0 aromatic heterocycles. The van der Waals surface area contributed by atoms with Gasteiger partial charge in [-0.05, 0) is 0 Å². The van der Waals surface area contributed by atoms with Gasteiger partial charge >= 0.3 is 0 Å². The van der Waals surface area contributed by atoms with Crippen LogP contribution < -0.4 is 5.32 Å². The monoisotopic (exact) mass is 281 g/mol. The van der Waals surface area contributed by atoms with E-state index in [4.69, 9.17) is 19.7 Å². The molecule has 0 aromatic rings. The molecule has 9 nitrogen and oxygen atoms in total. The normalized spacial score (nSPS) is 50.8. The van der Waals surface area contributed by atoms with Gasteiger partial charge in [0.1, 0.15) is 49.1 Å². The fourth-order valence-corrected chi connectivity index (χ4v) is 2.24. The second-order valence-electron chi connectivity index (χ2n) is 4.68. The maximum absolute atomic E-state index is 9.70. The van der Waals surface area contributed by atoms with Crippen LogP contribution in [0.25, 0.3) is 0 Å². The van der Waals surface area contributed by atoms with Crippen molar-refractivity contribution < 1.29 is 40.1 Å². The molecule has 0 amide bonds. The van der Waals surface area contributed by atoms with Gasteiger partial charge in [-0.1, -0.05) is 0 Å². The standard InChI is InChI=1S/C10H19NO8/c12-1-3-5(14)7(16)9(18-3)11-10-8(17)6(15)4(2-13)19-10/h3-17H,1-2H2/t3-,4-,5-,6-,7-,8-,9?,10?/m1/s1. The van der Waals surface area contributed by atoms with Crippen molar-refractivity contribution in [2.75, 3.05) is 13.2 Å². The third kappa shape index (κ3) is 2.75. The van der Waals surface area contributed by atoms with Crippen molar-refractivity contribution in [2.24, 2.45) is 0 Å². The smallest absolute Gasteiger partial charge is 0.139 e. The van der Waals surface area contributed by atoms with Gasteiger partial charge in [0.25, 0.3) is 0 Å². The Hall–Kier alpha value is -0.360. The highest BCUT2D eigenvalue weighted by molar-refractivity contribution is 4.94. The first kappa shape index (κ1) is 15.0. The van der Waals surface area contributed by atoms with E-state index in [2.05, 4.69) is 5.32 Å². The highest BCUT2D eigenvalue weighted by Gasteiger charge is 2.48. The molecule has 9 heteroatoms. The topological polar surface area (TPSA) is 152 Å². The molecule has 2 fully saturated rings. The number of hydrogen-bond acceptors (Lipinski definition) is 9. The molecule has 112 valence electrons. The first-order valence-corrected chi connectivity index (χ1v) is 6.00. The molecule has 2 aliphatic heterocycles. The molecule has 19 heavy (non-hydrogen) atoms. The molecular formula is C10H19NO8. The zero-order chi connectivity index (χ0) is 14.2. The number of aliphatic hydroxyl groups is 6. The Morgan fingerprint density at radius 3 is 1.32 bits per heavy atom. The molecule has 0 radical (unpaired) electrons. The van der Waals surface area contributed by atoms with Crippen molar-refractivity contribution in [3.05, 3.63) is 0 Å². The predicted octanol–water partition coefficient (Wildman–Crippen LogP) is -4.55. The zero-order valence-electron chi connectivity index (χ0n) is 10.0. The Bertz CT molecular complexity index is 277. The van der Waals surface area contributed by atoms with E-state index in [0.29, 0.717) is 0 Å². The molecule has 2 saturated heterocycles. The highest BCUT2D eigenvalue weighted by Crippen LogP contribution is 2.24. The number of nitrogens with one attached hydrogen (secondary N) is 1. The summed E-state index contributed by atoms with van der Waals surface area (Å²) in [6, 6.07) is 0. The first-order valence-electron chi connectivity index (χ1n) is 6.00. The predicted molar refractivity (Wildman–Crippen MR) is 58.7 cm³/mol. The van der Waals surface area contributed by atoms with Crippen molar-refractivity contribution in [2.45, 2.75) is 49.1 Å². The Balaban J connectivity index is 1.95. The lowest BCUT2D eigenvalue weighted by atomic mass is 10.1. The summed E-state index contributed by atoms with van der Waals surface area (Å²) in [4.78, 5) is 0. The van der Waals surface area contributed by atoms with Crippen molar-refractivity contribution in [3.8, 4) is 0 Å². The lowest BCUT2D eigenvalue weighted by Crippen LogP contribution is -2.50. The molecule has 0 bridgehead atoms. The third-order valence-corrected chi connectivity index (χ3v) is 3.41. The SMILES string of the molecule is OC[C@H]1OC(NC2O[C@H](CO)[C@@H](O)[C@H]2O)[C@H](O)[C@@H]1O. The zero-order valence-corrected chi connectivity index (χ0v) is 10.0. The van der Waals surface area contributed by atoms with Crippen molar-refractivity contribution in [3.63, 3.8) is 0 Å². The average Bonchev–Trinajstić information content (AvgIpc) is 2.83. The minimum Gasteiger partial charge on any atom is -0.394 e. The van der Waals surface area contributed by atoms with Gasteiger partial charge in [0.05, 0.1) is 13.2 Å². The largest absolute Gasteiger partial charge is 0.394 e. The van der Waals surface area contributed by atoms with E-state index in [1.54, 1.807) is 0 Å². The molecule has 0 spiro atoms. The van der Waals surface area contributed by atoms with E-state index in [1.165, 1.54) is 0 Å². The minimum atomic E-state index is -1.31. The van der Waals surface area contributed by atoms with Gasteiger partial charge in [-0.15, -0.1) is 0 Å². The number of aliphatic hydroxyl groups excluding tert-OH is 6. The molecular weight excluding hydrogens is 262 g/mol. The Labute approximate surface area is 109 Å². The van der Waals surface area contributed by atoms with E-state index >= 15 is 0 Å². The lowest BCUT2D eigenvalue weighted by molar-refractivity contribution is -0.0919. The molecule has 0 saturated carbocycles. The summed E-state index contributed by atoms with van der Waals surface area (Å²) in [5, 5.41) is 58.9. The van der Waals surface area contributed by atoms with E-state index in [1.807, 2.05) is 0 Å². The fourth-order valence-electron chi connectivity index (χ4n) is 2.24. The highest BCUT2D eigenvalue weighted by atomic mass is 16.6. The van der Waals surface area contributed by atoms with Gasteiger partial charge in [0.2, 0.25) is 0 Å². The number of ether oxygens (including phenoxy) is 2. The van der Waals surface area contributed by atoms with Crippen LogP contribution in [0.15, 0.2) is 0 Å². The summed E-state index contributed by atoms with van der Waals surface area (Å²) in [7, 11) is 0. The van der Waals surface area contributed by atoms with E-state index in [-0.39, 0.29) is 0 Å².